The Morgan fingerprint density at radius 1 is 1.26 bits per heavy atom. The number of hydrogen-bond donors (Lipinski definition) is 0. The van der Waals surface area contributed by atoms with Gasteiger partial charge < -0.3 is 14.4 Å². The molecule has 0 bridgehead atoms. The van der Waals surface area contributed by atoms with E-state index >= 15 is 4.39 Å². The Hall–Kier alpha value is -3.46. The van der Waals surface area contributed by atoms with E-state index in [9.17, 15) is 9.59 Å². The average Bonchev–Trinajstić information content (AvgIpc) is 3.51. The first kappa shape index (κ1) is 23.3. The zero-order valence-corrected chi connectivity index (χ0v) is 20.8. The Balaban J connectivity index is 1.46. The number of carbonyl (C=O) groups is 2. The van der Waals surface area contributed by atoms with Crippen molar-refractivity contribution in [1.82, 2.24) is 14.3 Å². The Morgan fingerprint density at radius 3 is 2.74 bits per heavy atom. The van der Waals surface area contributed by atoms with Gasteiger partial charge in [0.05, 0.1) is 34.6 Å². The molecule has 1 atom stereocenters. The zero-order chi connectivity index (χ0) is 24.9. The van der Waals surface area contributed by atoms with Crippen LogP contribution in [-0.4, -0.2) is 45.9 Å². The molecule has 3 heterocycles. The quantitative estimate of drug-likeness (QED) is 0.313. The van der Waals surface area contributed by atoms with Crippen LogP contribution in [0, 0.1) is 5.82 Å². The molecule has 2 aromatic heterocycles. The van der Waals surface area contributed by atoms with Gasteiger partial charge in [-0.2, -0.15) is 0 Å². The van der Waals surface area contributed by atoms with Crippen molar-refractivity contribution in [2.24, 2.45) is 0 Å². The molecule has 1 saturated heterocycles. The van der Waals surface area contributed by atoms with Crippen LogP contribution < -0.4 is 4.74 Å². The summed E-state index contributed by atoms with van der Waals surface area (Å²) in [5.74, 6) is 0.0820. The van der Waals surface area contributed by atoms with Crippen LogP contribution in [0.5, 0.6) is 5.75 Å². The van der Waals surface area contributed by atoms with Crippen molar-refractivity contribution < 1.29 is 23.5 Å². The molecule has 0 radical (unpaired) electrons. The number of nitrogens with zero attached hydrogens (tertiary/aromatic N) is 3. The van der Waals surface area contributed by atoms with Crippen LogP contribution in [0.1, 0.15) is 55.6 Å². The smallest absolute Gasteiger partial charge is 0.410 e. The van der Waals surface area contributed by atoms with E-state index in [2.05, 4.69) is 4.98 Å². The first-order chi connectivity index (χ1) is 16.7. The van der Waals surface area contributed by atoms with Crippen molar-refractivity contribution >= 4 is 38.9 Å². The van der Waals surface area contributed by atoms with Crippen LogP contribution in [0.2, 0.25) is 0 Å². The predicted octanol–water partition coefficient (Wildman–Crippen LogP) is 6.25. The molecule has 1 aliphatic rings. The Bertz CT molecular complexity index is 1450. The zero-order valence-electron chi connectivity index (χ0n) is 20.0. The van der Waals surface area contributed by atoms with E-state index in [1.165, 1.54) is 24.5 Å². The number of ether oxygens (including phenoxy) is 2. The molecule has 5 rings (SSSR count). The summed E-state index contributed by atoms with van der Waals surface area (Å²) in [5.41, 5.74) is 2.36. The fraction of sp³-hybridized carbons (Fsp3) is 0.346. The molecule has 1 amide bonds. The monoisotopic (exact) mass is 495 g/mol. The van der Waals surface area contributed by atoms with Crippen LogP contribution in [0.25, 0.3) is 26.4 Å². The van der Waals surface area contributed by atoms with Gasteiger partial charge in [-0.25, -0.2) is 14.2 Å². The molecular weight excluding hydrogens is 469 g/mol. The molecule has 1 aliphatic heterocycles. The second kappa shape index (κ2) is 8.64. The number of fused-ring (bicyclic) bond motifs is 3. The number of hydrogen-bond acceptors (Lipinski definition) is 6. The maximum Gasteiger partial charge on any atom is 0.410 e. The topological polar surface area (TPSA) is 73.1 Å². The van der Waals surface area contributed by atoms with E-state index in [1.807, 2.05) is 31.2 Å². The second-order valence-electron chi connectivity index (χ2n) is 9.63. The third-order valence-corrected chi connectivity index (χ3v) is 7.12. The largest absolute Gasteiger partial charge is 0.496 e. The second-order valence-corrected chi connectivity index (χ2v) is 10.6. The number of rotatable bonds is 4. The third-order valence-electron chi connectivity index (χ3n) is 6.11. The predicted molar refractivity (Wildman–Crippen MR) is 133 cm³/mol. The maximum atomic E-state index is 15.3. The van der Waals surface area contributed by atoms with Gasteiger partial charge in [-0.15, -0.1) is 0 Å². The minimum atomic E-state index is -0.587. The normalized spacial score (nSPS) is 16.3. The fourth-order valence-corrected chi connectivity index (χ4v) is 5.58. The molecule has 0 saturated carbocycles. The van der Waals surface area contributed by atoms with Crippen LogP contribution in [0.4, 0.5) is 9.18 Å². The van der Waals surface area contributed by atoms with Crippen molar-refractivity contribution in [2.45, 2.75) is 45.3 Å². The molecule has 1 fully saturated rings. The molecule has 35 heavy (non-hydrogen) atoms. The summed E-state index contributed by atoms with van der Waals surface area (Å²) < 4.78 is 29.0. The minimum Gasteiger partial charge on any atom is -0.496 e. The molecule has 1 unspecified atom stereocenters. The van der Waals surface area contributed by atoms with Crippen molar-refractivity contribution in [2.75, 3.05) is 13.7 Å². The molecule has 4 aromatic rings. The van der Waals surface area contributed by atoms with Gasteiger partial charge in [0.1, 0.15) is 17.2 Å². The summed E-state index contributed by atoms with van der Waals surface area (Å²) in [7, 11) is 1.52. The van der Waals surface area contributed by atoms with E-state index in [0.717, 1.165) is 34.9 Å². The highest BCUT2D eigenvalue weighted by Gasteiger charge is 2.33. The molecule has 0 aliphatic carbocycles. The number of aldehydes is 1. The van der Waals surface area contributed by atoms with Crippen molar-refractivity contribution in [3.63, 3.8) is 0 Å². The lowest BCUT2D eigenvalue weighted by molar-refractivity contribution is 0.0224. The lowest BCUT2D eigenvalue weighted by Gasteiger charge is -2.29. The summed E-state index contributed by atoms with van der Waals surface area (Å²) in [6.45, 7) is 6.09. The number of benzene rings is 2. The molecule has 0 N–H and O–H groups in total. The van der Waals surface area contributed by atoms with Crippen LogP contribution in [0.3, 0.4) is 0 Å². The lowest BCUT2D eigenvalue weighted by atomic mass is 10.0. The number of methoxy groups -OCH3 is 1. The SMILES string of the molecule is COc1cc2c(cc1C=O)sc1nc(-c3ccc(C4CCCN4C(=O)OC(C)(C)C)cc3F)cn12. The van der Waals surface area contributed by atoms with E-state index in [-0.39, 0.29) is 12.1 Å². The van der Waals surface area contributed by atoms with Gasteiger partial charge in [0.2, 0.25) is 0 Å². The number of amides is 1. The summed E-state index contributed by atoms with van der Waals surface area (Å²) >= 11 is 1.42. The van der Waals surface area contributed by atoms with Crippen molar-refractivity contribution in [3.05, 3.63) is 53.5 Å². The molecule has 2 aromatic carbocycles. The van der Waals surface area contributed by atoms with Gasteiger partial charge in [0.15, 0.2) is 11.2 Å². The summed E-state index contributed by atoms with van der Waals surface area (Å²) in [6.07, 6.45) is 3.77. The van der Waals surface area contributed by atoms with Gasteiger partial charge in [0.25, 0.3) is 0 Å². The van der Waals surface area contributed by atoms with Gasteiger partial charge >= 0.3 is 6.09 Å². The summed E-state index contributed by atoms with van der Waals surface area (Å²) in [6, 6.07) is 8.41. The highest BCUT2D eigenvalue weighted by Crippen LogP contribution is 2.37. The number of carbonyl (C=O) groups excluding carboxylic acids is 2. The number of halogens is 1. The fourth-order valence-electron chi connectivity index (χ4n) is 4.54. The third kappa shape index (κ3) is 4.25. The Kier molecular flexibility index (Phi) is 5.75. The summed E-state index contributed by atoms with van der Waals surface area (Å²) in [4.78, 5) is 31.0. The molecule has 182 valence electrons. The average molecular weight is 496 g/mol. The van der Waals surface area contributed by atoms with Crippen LogP contribution in [0.15, 0.2) is 36.5 Å². The summed E-state index contributed by atoms with van der Waals surface area (Å²) in [5, 5.41) is 0. The minimum absolute atomic E-state index is 0.220. The van der Waals surface area contributed by atoms with Gasteiger partial charge in [-0.1, -0.05) is 17.4 Å². The van der Waals surface area contributed by atoms with Crippen molar-refractivity contribution in [3.8, 4) is 17.0 Å². The molecule has 7 nitrogen and oxygen atoms in total. The van der Waals surface area contributed by atoms with E-state index in [1.54, 1.807) is 29.3 Å². The number of thiazole rings is 1. The Morgan fingerprint density at radius 2 is 2.06 bits per heavy atom. The van der Waals surface area contributed by atoms with Gasteiger partial charge in [-0.3, -0.25) is 9.20 Å². The molecular formula is C26H26FN3O4S. The van der Waals surface area contributed by atoms with E-state index in [0.29, 0.717) is 34.1 Å². The maximum absolute atomic E-state index is 15.3. The van der Waals surface area contributed by atoms with E-state index < -0.39 is 11.4 Å². The first-order valence-electron chi connectivity index (χ1n) is 11.4. The standard InChI is InChI=1S/C26H26FN3O4S/c1-26(2,3)34-25(32)29-9-5-6-20(29)15-7-8-17(18(27)10-15)19-13-30-21-12-22(33-4)16(14-31)11-23(21)35-24(30)28-19/h7-8,10-14,20H,5-6,9H2,1-4H3. The van der Waals surface area contributed by atoms with Crippen LogP contribution in [-0.2, 0) is 4.74 Å². The van der Waals surface area contributed by atoms with Gasteiger partial charge in [-0.05, 0) is 57.4 Å². The number of aromatic nitrogens is 2. The number of likely N-dealkylation sites (tertiary alicyclic amines) is 1. The first-order valence-corrected chi connectivity index (χ1v) is 12.2. The number of imidazole rings is 1. The highest BCUT2D eigenvalue weighted by molar-refractivity contribution is 7.23. The Labute approximate surface area is 206 Å². The van der Waals surface area contributed by atoms with Gasteiger partial charge in [0, 0.05) is 24.4 Å². The van der Waals surface area contributed by atoms with E-state index in [4.69, 9.17) is 9.47 Å². The highest BCUT2D eigenvalue weighted by atomic mass is 32.1. The van der Waals surface area contributed by atoms with Crippen molar-refractivity contribution in [1.29, 1.82) is 0 Å². The molecule has 0 spiro atoms. The lowest BCUT2D eigenvalue weighted by Crippen LogP contribution is -2.36. The molecule has 9 heteroatoms. The van der Waals surface area contributed by atoms with Crippen LogP contribution >= 0.6 is 11.3 Å².